The van der Waals surface area contributed by atoms with E-state index in [-0.39, 0.29) is 6.10 Å². The molecule has 2 saturated heterocycles. The van der Waals surface area contributed by atoms with E-state index in [4.69, 9.17) is 4.74 Å². The summed E-state index contributed by atoms with van der Waals surface area (Å²) in [4.78, 5) is 2.38. The monoisotopic (exact) mass is 231 g/mol. The van der Waals surface area contributed by atoms with Crippen LogP contribution in [0.3, 0.4) is 0 Å². The van der Waals surface area contributed by atoms with Gasteiger partial charge in [-0.1, -0.05) is 0 Å². The number of aliphatic hydroxyl groups is 1. The van der Waals surface area contributed by atoms with Gasteiger partial charge < -0.3 is 14.7 Å². The molecule has 88 valence electrons. The summed E-state index contributed by atoms with van der Waals surface area (Å²) < 4.78 is 5.41. The molecule has 2 fully saturated rings. The smallest absolute Gasteiger partial charge is 0.0679 e. The summed E-state index contributed by atoms with van der Waals surface area (Å²) in [6.07, 6.45) is 3.05. The lowest BCUT2D eigenvalue weighted by Gasteiger charge is -2.39. The van der Waals surface area contributed by atoms with Crippen LogP contribution in [-0.4, -0.2) is 54.7 Å². The van der Waals surface area contributed by atoms with Crippen LogP contribution in [0.1, 0.15) is 19.3 Å². The van der Waals surface area contributed by atoms with E-state index in [0.717, 1.165) is 57.9 Å². The highest BCUT2D eigenvalue weighted by atomic mass is 32.1. The van der Waals surface area contributed by atoms with Gasteiger partial charge in [-0.25, -0.2) is 0 Å². The third-order valence-corrected chi connectivity index (χ3v) is 4.37. The second-order valence-corrected chi connectivity index (χ2v) is 5.26. The Balaban J connectivity index is 1.89. The molecule has 0 radical (unpaired) electrons. The Morgan fingerprint density at radius 3 is 2.67 bits per heavy atom. The number of ether oxygens (including phenoxy) is 1. The Bertz CT molecular complexity index is 207. The van der Waals surface area contributed by atoms with E-state index in [1.54, 1.807) is 0 Å². The van der Waals surface area contributed by atoms with Gasteiger partial charge in [-0.05, 0) is 30.4 Å². The van der Waals surface area contributed by atoms with Gasteiger partial charge in [0.15, 0.2) is 0 Å². The average molecular weight is 231 g/mol. The van der Waals surface area contributed by atoms with E-state index in [9.17, 15) is 5.11 Å². The quantitative estimate of drug-likeness (QED) is 0.704. The number of β-amino-alcohol motifs (C(OH)–C–C–N with tert-alkyl or cyclic N) is 1. The molecule has 0 aromatic rings. The van der Waals surface area contributed by atoms with Crippen molar-refractivity contribution in [1.82, 2.24) is 4.90 Å². The van der Waals surface area contributed by atoms with Crippen molar-refractivity contribution >= 4 is 12.6 Å². The highest BCUT2D eigenvalue weighted by molar-refractivity contribution is 7.80. The lowest BCUT2D eigenvalue weighted by Crippen LogP contribution is -2.42. The Morgan fingerprint density at radius 2 is 2.13 bits per heavy atom. The maximum Gasteiger partial charge on any atom is 0.0679 e. The number of thiol groups is 1. The molecule has 2 aliphatic heterocycles. The van der Waals surface area contributed by atoms with Gasteiger partial charge in [-0.15, -0.1) is 0 Å². The molecule has 1 unspecified atom stereocenters. The molecule has 0 bridgehead atoms. The molecule has 0 aromatic heterocycles. The predicted octanol–water partition coefficient (Wildman–Crippen LogP) is 0.780. The lowest BCUT2D eigenvalue weighted by molar-refractivity contribution is 0.00963. The summed E-state index contributed by atoms with van der Waals surface area (Å²) in [7, 11) is 0. The van der Waals surface area contributed by atoms with Crippen LogP contribution in [0.2, 0.25) is 0 Å². The molecular weight excluding hydrogens is 210 g/mol. The molecule has 0 amide bonds. The van der Waals surface area contributed by atoms with E-state index >= 15 is 0 Å². The van der Waals surface area contributed by atoms with E-state index in [0.29, 0.717) is 5.41 Å². The molecule has 0 aliphatic carbocycles. The first-order valence-electron chi connectivity index (χ1n) is 5.83. The first-order chi connectivity index (χ1) is 7.24. The summed E-state index contributed by atoms with van der Waals surface area (Å²) in [5.41, 5.74) is 0.325. The van der Waals surface area contributed by atoms with E-state index in [1.165, 1.54) is 0 Å². The van der Waals surface area contributed by atoms with Crippen molar-refractivity contribution in [2.75, 3.05) is 38.6 Å². The van der Waals surface area contributed by atoms with Crippen LogP contribution in [0, 0.1) is 5.41 Å². The van der Waals surface area contributed by atoms with Crippen LogP contribution >= 0.6 is 12.6 Å². The second kappa shape index (κ2) is 5.04. The Kier molecular flexibility index (Phi) is 3.93. The van der Waals surface area contributed by atoms with Crippen molar-refractivity contribution in [3.8, 4) is 0 Å². The van der Waals surface area contributed by atoms with E-state index in [1.807, 2.05) is 0 Å². The molecule has 0 aromatic carbocycles. The average Bonchev–Trinajstić information content (AvgIpc) is 2.65. The number of aliphatic hydroxyl groups excluding tert-OH is 1. The maximum atomic E-state index is 9.50. The summed E-state index contributed by atoms with van der Waals surface area (Å²) in [5.74, 6) is 0.933. The number of hydrogen-bond donors (Lipinski definition) is 2. The lowest BCUT2D eigenvalue weighted by atomic mass is 9.81. The summed E-state index contributed by atoms with van der Waals surface area (Å²) in [6.45, 7) is 4.71. The van der Waals surface area contributed by atoms with Gasteiger partial charge in [0.2, 0.25) is 0 Å². The molecule has 2 rings (SSSR count). The molecular formula is C11H21NO2S. The van der Waals surface area contributed by atoms with Crippen LogP contribution in [0.4, 0.5) is 0 Å². The van der Waals surface area contributed by atoms with Crippen molar-refractivity contribution in [3.63, 3.8) is 0 Å². The summed E-state index contributed by atoms with van der Waals surface area (Å²) in [6, 6.07) is 0. The van der Waals surface area contributed by atoms with Crippen molar-refractivity contribution in [2.24, 2.45) is 5.41 Å². The third-order valence-electron chi connectivity index (χ3n) is 3.70. The summed E-state index contributed by atoms with van der Waals surface area (Å²) in [5, 5.41) is 9.50. The van der Waals surface area contributed by atoms with Gasteiger partial charge in [0, 0.05) is 32.8 Å². The van der Waals surface area contributed by atoms with E-state index in [2.05, 4.69) is 17.5 Å². The first-order valence-corrected chi connectivity index (χ1v) is 6.46. The maximum absolute atomic E-state index is 9.50. The van der Waals surface area contributed by atoms with Gasteiger partial charge in [-0.3, -0.25) is 0 Å². The summed E-state index contributed by atoms with van der Waals surface area (Å²) >= 11 is 4.50. The minimum Gasteiger partial charge on any atom is -0.392 e. The number of rotatable bonds is 3. The zero-order chi connectivity index (χ0) is 10.7. The second-order valence-electron chi connectivity index (χ2n) is 4.95. The Hall–Kier alpha value is 0.230. The molecule has 4 heteroatoms. The fraction of sp³-hybridized carbons (Fsp3) is 1.00. The van der Waals surface area contributed by atoms with Gasteiger partial charge >= 0.3 is 0 Å². The number of likely N-dealkylation sites (tertiary alicyclic amines) is 1. The Morgan fingerprint density at radius 1 is 1.40 bits per heavy atom. The van der Waals surface area contributed by atoms with Crippen LogP contribution in [-0.2, 0) is 4.74 Å². The van der Waals surface area contributed by atoms with Crippen molar-refractivity contribution in [1.29, 1.82) is 0 Å². The van der Waals surface area contributed by atoms with Gasteiger partial charge in [0.1, 0.15) is 0 Å². The van der Waals surface area contributed by atoms with E-state index < -0.39 is 0 Å². The first kappa shape index (κ1) is 11.7. The van der Waals surface area contributed by atoms with Crippen LogP contribution in [0.5, 0.6) is 0 Å². The number of hydrogen-bond acceptors (Lipinski definition) is 4. The van der Waals surface area contributed by atoms with Crippen LogP contribution in [0.25, 0.3) is 0 Å². The van der Waals surface area contributed by atoms with Gasteiger partial charge in [0.25, 0.3) is 0 Å². The molecule has 2 heterocycles. The predicted molar refractivity (Wildman–Crippen MR) is 63.4 cm³/mol. The zero-order valence-electron chi connectivity index (χ0n) is 9.19. The zero-order valence-corrected chi connectivity index (χ0v) is 10.1. The standard InChI is InChI=1S/C11H21NO2S/c13-10-1-4-12(7-10)8-11(9-15)2-5-14-6-3-11/h10,13,15H,1-9H2. The molecule has 0 spiro atoms. The molecule has 1 atom stereocenters. The normalized spacial score (nSPS) is 32.0. The SMILES string of the molecule is OC1CCN(CC2(CS)CCOCC2)C1. The fourth-order valence-corrected chi connectivity index (χ4v) is 3.02. The highest BCUT2D eigenvalue weighted by Crippen LogP contribution is 2.33. The minimum atomic E-state index is -0.109. The van der Waals surface area contributed by atoms with Gasteiger partial charge in [-0.2, -0.15) is 12.6 Å². The molecule has 3 nitrogen and oxygen atoms in total. The fourth-order valence-electron chi connectivity index (χ4n) is 2.60. The molecule has 15 heavy (non-hydrogen) atoms. The minimum absolute atomic E-state index is 0.109. The Labute approximate surface area is 97.2 Å². The largest absolute Gasteiger partial charge is 0.392 e. The number of nitrogens with zero attached hydrogens (tertiary/aromatic N) is 1. The van der Waals surface area contributed by atoms with Crippen molar-refractivity contribution in [3.05, 3.63) is 0 Å². The topological polar surface area (TPSA) is 32.7 Å². The highest BCUT2D eigenvalue weighted by Gasteiger charge is 2.35. The van der Waals surface area contributed by atoms with Crippen molar-refractivity contribution < 1.29 is 9.84 Å². The molecule has 1 N–H and O–H groups in total. The van der Waals surface area contributed by atoms with Gasteiger partial charge in [0.05, 0.1) is 6.10 Å². The van der Waals surface area contributed by atoms with Crippen LogP contribution in [0.15, 0.2) is 0 Å². The van der Waals surface area contributed by atoms with Crippen LogP contribution < -0.4 is 0 Å². The van der Waals surface area contributed by atoms with Crippen molar-refractivity contribution in [2.45, 2.75) is 25.4 Å². The molecule has 2 aliphatic rings. The third kappa shape index (κ3) is 2.87. The molecule has 0 saturated carbocycles.